The minimum atomic E-state index is -0.374. The van der Waals surface area contributed by atoms with Gasteiger partial charge in [-0.25, -0.2) is 4.79 Å². The van der Waals surface area contributed by atoms with Gasteiger partial charge < -0.3 is 9.64 Å². The van der Waals surface area contributed by atoms with E-state index in [9.17, 15) is 9.59 Å². The van der Waals surface area contributed by atoms with Crippen molar-refractivity contribution in [3.05, 3.63) is 13.8 Å². The molecule has 0 spiro atoms. The van der Waals surface area contributed by atoms with Crippen LogP contribution < -0.4 is 4.90 Å². The number of carbonyl (C=O) groups is 2. The molecule has 24 heavy (non-hydrogen) atoms. The summed E-state index contributed by atoms with van der Waals surface area (Å²) < 4.78 is 5.88. The lowest BCUT2D eigenvalue weighted by Crippen LogP contribution is -2.43. The SMILES string of the molecule is COC(=O)c1sc(I)cc1N(C(=O)C1CCC(C)(C)CC1)C(C)C. The highest BCUT2D eigenvalue weighted by Crippen LogP contribution is 2.40. The molecule has 0 bridgehead atoms. The Kier molecular flexibility index (Phi) is 6.34. The standard InChI is InChI=1S/C18H26INO3S/c1-11(2)20(13-10-14(19)24-15(13)17(22)23-5)16(21)12-6-8-18(3,4)9-7-12/h10-12H,6-9H2,1-5H3. The average Bonchev–Trinajstić information content (AvgIpc) is 2.87. The molecule has 1 aliphatic rings. The van der Waals surface area contributed by atoms with Crippen molar-refractivity contribution in [1.29, 1.82) is 0 Å². The zero-order chi connectivity index (χ0) is 18.1. The molecule has 1 heterocycles. The monoisotopic (exact) mass is 463 g/mol. The predicted molar refractivity (Wildman–Crippen MR) is 107 cm³/mol. The number of thiophene rings is 1. The van der Waals surface area contributed by atoms with Gasteiger partial charge in [-0.15, -0.1) is 11.3 Å². The van der Waals surface area contributed by atoms with E-state index in [0.717, 1.165) is 28.6 Å². The Bertz CT molecular complexity index is 614. The van der Waals surface area contributed by atoms with Crippen LogP contribution in [0.15, 0.2) is 6.07 Å². The summed E-state index contributed by atoms with van der Waals surface area (Å²) in [7, 11) is 1.38. The molecule has 4 nitrogen and oxygen atoms in total. The van der Waals surface area contributed by atoms with Gasteiger partial charge in [0.2, 0.25) is 5.91 Å². The van der Waals surface area contributed by atoms with Gasteiger partial charge >= 0.3 is 5.97 Å². The predicted octanol–water partition coefficient (Wildman–Crippen LogP) is 5.10. The molecular weight excluding hydrogens is 437 g/mol. The maximum Gasteiger partial charge on any atom is 0.350 e. The normalized spacial score (nSPS) is 17.8. The number of methoxy groups -OCH3 is 1. The van der Waals surface area contributed by atoms with Crippen LogP contribution in [-0.4, -0.2) is 25.0 Å². The van der Waals surface area contributed by atoms with E-state index in [1.165, 1.54) is 18.4 Å². The Morgan fingerprint density at radius 1 is 1.33 bits per heavy atom. The first kappa shape index (κ1) is 19.7. The van der Waals surface area contributed by atoms with Crippen LogP contribution in [0.25, 0.3) is 0 Å². The van der Waals surface area contributed by atoms with Crippen molar-refractivity contribution in [3.63, 3.8) is 0 Å². The van der Waals surface area contributed by atoms with Gasteiger partial charge in [0.25, 0.3) is 0 Å². The third-order valence-electron chi connectivity index (χ3n) is 4.75. The highest BCUT2D eigenvalue weighted by Gasteiger charge is 2.35. The lowest BCUT2D eigenvalue weighted by atomic mass is 9.72. The van der Waals surface area contributed by atoms with Crippen molar-refractivity contribution in [2.24, 2.45) is 11.3 Å². The first-order valence-corrected chi connectivity index (χ1v) is 10.3. The van der Waals surface area contributed by atoms with Crippen LogP contribution in [0, 0.1) is 14.2 Å². The lowest BCUT2D eigenvalue weighted by molar-refractivity contribution is -0.124. The van der Waals surface area contributed by atoms with E-state index in [0.29, 0.717) is 16.0 Å². The molecule has 0 atom stereocenters. The molecule has 1 fully saturated rings. The van der Waals surface area contributed by atoms with Crippen LogP contribution in [0.1, 0.15) is 63.0 Å². The van der Waals surface area contributed by atoms with Gasteiger partial charge in [0, 0.05) is 12.0 Å². The molecule has 1 saturated carbocycles. The molecule has 0 aromatic carbocycles. The second-order valence-electron chi connectivity index (χ2n) is 7.50. The zero-order valence-corrected chi connectivity index (χ0v) is 18.0. The Morgan fingerprint density at radius 3 is 2.42 bits per heavy atom. The number of rotatable bonds is 4. The summed E-state index contributed by atoms with van der Waals surface area (Å²) in [4.78, 5) is 27.6. The maximum atomic E-state index is 13.2. The van der Waals surface area contributed by atoms with Crippen LogP contribution in [-0.2, 0) is 9.53 Å². The van der Waals surface area contributed by atoms with Gasteiger partial charge in [-0.3, -0.25) is 4.79 Å². The minimum absolute atomic E-state index is 0.00115. The summed E-state index contributed by atoms with van der Waals surface area (Å²) in [5, 5.41) is 0. The summed E-state index contributed by atoms with van der Waals surface area (Å²) >= 11 is 3.56. The number of hydrogen-bond donors (Lipinski definition) is 0. The molecule has 2 rings (SSSR count). The summed E-state index contributed by atoms with van der Waals surface area (Å²) in [5.74, 6) is -0.190. The van der Waals surface area contributed by atoms with Crippen molar-refractivity contribution in [1.82, 2.24) is 0 Å². The van der Waals surface area contributed by atoms with Crippen molar-refractivity contribution >= 4 is 51.5 Å². The first-order valence-electron chi connectivity index (χ1n) is 8.37. The van der Waals surface area contributed by atoms with Gasteiger partial charge in [0.1, 0.15) is 4.88 Å². The second kappa shape index (κ2) is 7.72. The van der Waals surface area contributed by atoms with Crippen LogP contribution in [0.4, 0.5) is 5.69 Å². The van der Waals surface area contributed by atoms with Crippen LogP contribution in [0.3, 0.4) is 0 Å². The number of anilines is 1. The van der Waals surface area contributed by atoms with E-state index in [-0.39, 0.29) is 23.8 Å². The van der Waals surface area contributed by atoms with Crippen LogP contribution in [0.2, 0.25) is 0 Å². The summed E-state index contributed by atoms with van der Waals surface area (Å²) in [6, 6.07) is 1.92. The van der Waals surface area contributed by atoms with Crippen LogP contribution >= 0.6 is 33.9 Å². The third-order valence-corrected chi connectivity index (χ3v) is 6.62. The van der Waals surface area contributed by atoms with E-state index in [1.807, 2.05) is 19.9 Å². The molecule has 0 radical (unpaired) electrons. The molecular formula is C18H26INO3S. The summed E-state index contributed by atoms with van der Waals surface area (Å²) in [6.07, 6.45) is 3.98. The maximum absolute atomic E-state index is 13.2. The van der Waals surface area contributed by atoms with Gasteiger partial charge in [0.05, 0.1) is 15.7 Å². The smallest absolute Gasteiger partial charge is 0.350 e. The number of halogens is 1. The van der Waals surface area contributed by atoms with Crippen molar-refractivity contribution in [2.75, 3.05) is 12.0 Å². The first-order chi connectivity index (χ1) is 11.2. The van der Waals surface area contributed by atoms with E-state index >= 15 is 0 Å². The van der Waals surface area contributed by atoms with Gasteiger partial charge in [-0.05, 0) is 73.6 Å². The second-order valence-corrected chi connectivity index (χ2v) is 10.4. The highest BCUT2D eigenvalue weighted by atomic mass is 127. The number of amides is 1. The Hall–Kier alpha value is -0.630. The summed E-state index contributed by atoms with van der Waals surface area (Å²) in [5.41, 5.74) is 1.02. The van der Waals surface area contributed by atoms with Gasteiger partial charge in [-0.2, -0.15) is 0 Å². The lowest BCUT2D eigenvalue weighted by Gasteiger charge is -2.37. The quantitative estimate of drug-likeness (QED) is 0.461. The molecule has 6 heteroatoms. The van der Waals surface area contributed by atoms with E-state index < -0.39 is 0 Å². The molecule has 1 aliphatic carbocycles. The molecule has 1 amide bonds. The largest absolute Gasteiger partial charge is 0.465 e. The minimum Gasteiger partial charge on any atom is -0.465 e. The fourth-order valence-electron chi connectivity index (χ4n) is 3.26. The van der Waals surface area contributed by atoms with Gasteiger partial charge in [0.15, 0.2) is 0 Å². The Balaban J connectivity index is 2.30. The number of esters is 1. The molecule has 0 unspecified atom stereocenters. The number of hydrogen-bond acceptors (Lipinski definition) is 4. The van der Waals surface area contributed by atoms with Gasteiger partial charge in [-0.1, -0.05) is 13.8 Å². The molecule has 0 saturated heterocycles. The van der Waals surface area contributed by atoms with Crippen molar-refractivity contribution in [2.45, 2.75) is 59.4 Å². The molecule has 0 N–H and O–H groups in total. The van der Waals surface area contributed by atoms with Crippen molar-refractivity contribution in [3.8, 4) is 0 Å². The van der Waals surface area contributed by atoms with Crippen LogP contribution in [0.5, 0.6) is 0 Å². The molecule has 1 aromatic heterocycles. The number of ether oxygens (including phenoxy) is 1. The number of nitrogens with zero attached hydrogens (tertiary/aromatic N) is 1. The van der Waals surface area contributed by atoms with E-state index in [4.69, 9.17) is 4.74 Å². The average molecular weight is 463 g/mol. The van der Waals surface area contributed by atoms with E-state index in [2.05, 4.69) is 36.4 Å². The summed E-state index contributed by atoms with van der Waals surface area (Å²) in [6.45, 7) is 8.53. The zero-order valence-electron chi connectivity index (χ0n) is 15.0. The molecule has 1 aromatic rings. The number of carbonyl (C=O) groups excluding carboxylic acids is 2. The topological polar surface area (TPSA) is 46.6 Å². The molecule has 0 aliphatic heterocycles. The fraction of sp³-hybridized carbons (Fsp3) is 0.667. The third kappa shape index (κ3) is 4.31. The van der Waals surface area contributed by atoms with Crippen molar-refractivity contribution < 1.29 is 14.3 Å². The molecule has 134 valence electrons. The van der Waals surface area contributed by atoms with E-state index in [1.54, 1.807) is 4.90 Å². The highest BCUT2D eigenvalue weighted by molar-refractivity contribution is 14.1. The Morgan fingerprint density at radius 2 is 1.92 bits per heavy atom. The fourth-order valence-corrected chi connectivity index (χ4v) is 5.01. The Labute approximate surface area is 162 Å².